The van der Waals surface area contributed by atoms with Crippen LogP contribution >= 0.6 is 7.26 Å². The van der Waals surface area contributed by atoms with Crippen LogP contribution in [-0.4, -0.2) is 15.3 Å². The van der Waals surface area contributed by atoms with E-state index in [0.717, 1.165) is 22.3 Å². The molecule has 0 aliphatic rings. The Kier molecular flexibility index (Phi) is 14.8. The Labute approximate surface area is 374 Å². The molecule has 0 heterocycles. The monoisotopic (exact) mass is 848 g/mol. The zero-order valence-electron chi connectivity index (χ0n) is 36.5. The van der Waals surface area contributed by atoms with Gasteiger partial charge in [0.1, 0.15) is 17.2 Å². The van der Waals surface area contributed by atoms with E-state index in [-0.39, 0.29) is 23.0 Å². The summed E-state index contributed by atoms with van der Waals surface area (Å²) in [6, 6.07) is 64.3. The van der Waals surface area contributed by atoms with Gasteiger partial charge in [-0.1, -0.05) is 204 Å². The maximum Gasteiger partial charge on any atom is 0.122 e. The fraction of sp³-hybridized carbons (Fsp3) is 0.172. The average Bonchev–Trinajstić information content (AvgIpc) is 3.28. The van der Waals surface area contributed by atoms with Gasteiger partial charge in [-0.15, -0.1) is 5.75 Å². The van der Waals surface area contributed by atoms with Crippen molar-refractivity contribution in [1.29, 1.82) is 0 Å². The molecule has 0 spiro atoms. The van der Waals surface area contributed by atoms with Gasteiger partial charge in [0.15, 0.2) is 0 Å². The molecule has 0 saturated carbocycles. The van der Waals surface area contributed by atoms with E-state index in [0.29, 0.717) is 47.1 Å². The molecule has 318 valence electrons. The van der Waals surface area contributed by atoms with Crippen LogP contribution in [0, 0.1) is 20.8 Å². The third kappa shape index (κ3) is 12.3. The molecule has 8 rings (SSSR count). The SMILES string of the molecule is Cc1ccc(O)c(Cc2cccc(Cc3cc(C)cc(Cc4cc(C)ccc4O)c3O)c2[O-])c1.c1ccc(C[P+](Cc2ccccc2)(Cc2ccccc2)Cc2ccccc2)cc1. The summed E-state index contributed by atoms with van der Waals surface area (Å²) in [7, 11) is -1.38. The van der Waals surface area contributed by atoms with E-state index in [1.54, 1.807) is 24.3 Å². The Morgan fingerprint density at radius 3 is 1.03 bits per heavy atom. The number of para-hydroxylation sites is 1. The molecule has 4 nitrogen and oxygen atoms in total. The smallest absolute Gasteiger partial charge is 0.122 e. The predicted molar refractivity (Wildman–Crippen MR) is 260 cm³/mol. The number of hydrogen-bond acceptors (Lipinski definition) is 4. The first-order valence-corrected chi connectivity index (χ1v) is 24.2. The van der Waals surface area contributed by atoms with E-state index in [1.165, 1.54) is 46.9 Å². The van der Waals surface area contributed by atoms with Crippen molar-refractivity contribution < 1.29 is 20.4 Å². The molecule has 0 saturated heterocycles. The van der Waals surface area contributed by atoms with Crippen LogP contribution in [0.1, 0.15) is 72.3 Å². The number of phenolic OH excluding ortho intramolecular Hbond substituents is 3. The molecule has 3 N–H and O–H groups in total. The van der Waals surface area contributed by atoms with Gasteiger partial charge in [0.2, 0.25) is 0 Å². The third-order valence-corrected chi connectivity index (χ3v) is 15.8. The summed E-state index contributed by atoms with van der Waals surface area (Å²) in [5, 5.41) is 44.7. The van der Waals surface area contributed by atoms with Gasteiger partial charge >= 0.3 is 0 Å². The van der Waals surface area contributed by atoms with Crippen LogP contribution in [0.5, 0.6) is 23.0 Å². The summed E-state index contributed by atoms with van der Waals surface area (Å²) >= 11 is 0. The minimum absolute atomic E-state index is 0.0813. The lowest BCUT2D eigenvalue weighted by Crippen LogP contribution is -2.08. The van der Waals surface area contributed by atoms with E-state index < -0.39 is 7.26 Å². The van der Waals surface area contributed by atoms with Gasteiger partial charge in [-0.3, -0.25) is 0 Å². The number of hydrogen-bond donors (Lipinski definition) is 3. The van der Waals surface area contributed by atoms with E-state index in [4.69, 9.17) is 0 Å². The second-order valence-corrected chi connectivity index (χ2v) is 21.0. The van der Waals surface area contributed by atoms with E-state index in [9.17, 15) is 20.4 Å². The summed E-state index contributed by atoms with van der Waals surface area (Å²) in [6.07, 6.45) is 5.73. The minimum Gasteiger partial charge on any atom is -0.872 e. The summed E-state index contributed by atoms with van der Waals surface area (Å²) < 4.78 is 0. The van der Waals surface area contributed by atoms with Crippen molar-refractivity contribution in [2.75, 3.05) is 0 Å². The molecule has 8 aromatic rings. The summed E-state index contributed by atoms with van der Waals surface area (Å²) in [4.78, 5) is 0. The topological polar surface area (TPSA) is 83.8 Å². The maximum atomic E-state index is 13.2. The molecule has 0 aromatic heterocycles. The van der Waals surface area contributed by atoms with Crippen LogP contribution in [0.3, 0.4) is 0 Å². The van der Waals surface area contributed by atoms with E-state index >= 15 is 0 Å². The largest absolute Gasteiger partial charge is 0.872 e. The third-order valence-electron chi connectivity index (χ3n) is 11.6. The van der Waals surface area contributed by atoms with Gasteiger partial charge in [0.25, 0.3) is 0 Å². The number of aryl methyl sites for hydroxylation is 3. The van der Waals surface area contributed by atoms with Crippen molar-refractivity contribution in [2.45, 2.75) is 64.7 Å². The van der Waals surface area contributed by atoms with Crippen molar-refractivity contribution in [3.63, 3.8) is 0 Å². The van der Waals surface area contributed by atoms with Crippen molar-refractivity contribution in [1.82, 2.24) is 0 Å². The van der Waals surface area contributed by atoms with Crippen LogP contribution < -0.4 is 5.11 Å². The average molecular weight is 849 g/mol. The number of rotatable bonds is 14. The zero-order valence-corrected chi connectivity index (χ0v) is 37.4. The normalized spacial score (nSPS) is 11.2. The first-order chi connectivity index (χ1) is 30.5. The van der Waals surface area contributed by atoms with Crippen molar-refractivity contribution in [3.05, 3.63) is 260 Å². The molecule has 8 aromatic carbocycles. The highest BCUT2D eigenvalue weighted by atomic mass is 31.2. The number of phenols is 3. The molecule has 0 aliphatic heterocycles. The Morgan fingerprint density at radius 1 is 0.349 bits per heavy atom. The molecular weight excluding hydrogens is 792 g/mol. The lowest BCUT2D eigenvalue weighted by Gasteiger charge is -2.29. The van der Waals surface area contributed by atoms with Gasteiger partial charge in [-0.05, 0) is 77.4 Å². The van der Waals surface area contributed by atoms with Crippen LogP contribution in [-0.2, 0) is 43.9 Å². The molecule has 0 aliphatic carbocycles. The lowest BCUT2D eigenvalue weighted by molar-refractivity contribution is -0.270. The zero-order chi connectivity index (χ0) is 44.2. The molecular formula is C58H57O4P. The van der Waals surface area contributed by atoms with Gasteiger partial charge < -0.3 is 20.4 Å². The van der Waals surface area contributed by atoms with Crippen LogP contribution in [0.2, 0.25) is 0 Å². The van der Waals surface area contributed by atoms with Gasteiger partial charge in [-0.2, -0.15) is 0 Å². The molecule has 0 amide bonds. The highest BCUT2D eigenvalue weighted by Gasteiger charge is 2.38. The van der Waals surface area contributed by atoms with Crippen molar-refractivity contribution >= 4 is 7.26 Å². The molecule has 0 atom stereocenters. The molecule has 5 heteroatoms. The fourth-order valence-corrected chi connectivity index (χ4v) is 13.3. The number of aromatic hydroxyl groups is 3. The predicted octanol–water partition coefficient (Wildman–Crippen LogP) is 13.4. The van der Waals surface area contributed by atoms with Gasteiger partial charge in [-0.25, -0.2) is 0 Å². The van der Waals surface area contributed by atoms with E-state index in [2.05, 4.69) is 121 Å². The molecule has 0 bridgehead atoms. The highest BCUT2D eigenvalue weighted by Crippen LogP contribution is 2.68. The summed E-state index contributed by atoms with van der Waals surface area (Å²) in [5.41, 5.74) is 12.9. The Morgan fingerprint density at radius 2 is 0.667 bits per heavy atom. The Bertz CT molecular complexity index is 2540. The second kappa shape index (κ2) is 21.0. The van der Waals surface area contributed by atoms with Crippen LogP contribution in [0.15, 0.2) is 188 Å². The highest BCUT2D eigenvalue weighted by molar-refractivity contribution is 7.72. The van der Waals surface area contributed by atoms with Crippen LogP contribution in [0.25, 0.3) is 0 Å². The Balaban J connectivity index is 0.000000191. The van der Waals surface area contributed by atoms with E-state index in [1.807, 2.05) is 63.2 Å². The lowest BCUT2D eigenvalue weighted by atomic mass is 9.93. The fourth-order valence-electron chi connectivity index (χ4n) is 8.67. The second-order valence-electron chi connectivity index (χ2n) is 17.0. The first kappa shape index (κ1) is 44.4. The molecule has 0 unspecified atom stereocenters. The minimum atomic E-state index is -1.38. The Hall–Kier alpha value is -6.61. The first-order valence-electron chi connectivity index (χ1n) is 21.7. The quantitative estimate of drug-likeness (QED) is 0.0952. The van der Waals surface area contributed by atoms with Crippen molar-refractivity contribution in [3.8, 4) is 23.0 Å². The molecule has 0 radical (unpaired) electrons. The maximum absolute atomic E-state index is 13.2. The standard InChI is InChI=1S/C30H30O4.C28H28P/c1-18-7-9-27(31)23(11-18)15-21-5-4-6-22(29(21)33)16-25-13-20(3)14-26(30(25)34)17-24-12-19(2)8-10-28(24)32;1-5-13-25(14-6-1)21-29(22-26-15-7-2-8-16-26,23-27-17-9-3-10-18-27)24-28-19-11-4-12-20-28/h4-14,31-34H,15-17H2,1-3H3;1-20H,21-24H2/q;+1/p-1. The van der Waals surface area contributed by atoms with Gasteiger partial charge in [0, 0.05) is 26.5 Å². The number of benzene rings is 8. The van der Waals surface area contributed by atoms with Crippen LogP contribution in [0.4, 0.5) is 0 Å². The summed E-state index contributed by atoms with van der Waals surface area (Å²) in [5.74, 6) is 0.438. The molecule has 0 fully saturated rings. The summed E-state index contributed by atoms with van der Waals surface area (Å²) in [6.45, 7) is 5.87. The van der Waals surface area contributed by atoms with Gasteiger partial charge in [0.05, 0.1) is 24.6 Å². The van der Waals surface area contributed by atoms with Crippen molar-refractivity contribution in [2.24, 2.45) is 0 Å². The molecule has 63 heavy (non-hydrogen) atoms.